The third-order valence-corrected chi connectivity index (χ3v) is 5.38. The van der Waals surface area contributed by atoms with Gasteiger partial charge in [-0.2, -0.15) is 0 Å². The molecule has 0 atom stereocenters. The fourth-order valence-corrected chi connectivity index (χ4v) is 3.42. The van der Waals surface area contributed by atoms with Crippen molar-refractivity contribution < 1.29 is 18.7 Å². The standard InChI is InChI=1S/C23H27FN2O3/c1-17-5-3-6-21(18(17)2)29-16-23(28)26-12-4-11-25(13-14-26)22(27)15-19-7-9-20(24)10-8-19/h3,5-10H,4,11-16H2,1-2H3. The van der Waals surface area contributed by atoms with E-state index in [0.29, 0.717) is 26.2 Å². The van der Waals surface area contributed by atoms with Crippen molar-refractivity contribution in [2.24, 2.45) is 0 Å². The molecule has 1 aliphatic heterocycles. The van der Waals surface area contributed by atoms with E-state index in [0.717, 1.165) is 28.9 Å². The largest absolute Gasteiger partial charge is 0.483 e. The molecule has 0 bridgehead atoms. The lowest BCUT2D eigenvalue weighted by molar-refractivity contribution is -0.134. The van der Waals surface area contributed by atoms with Gasteiger partial charge in [-0.15, -0.1) is 0 Å². The number of rotatable bonds is 5. The van der Waals surface area contributed by atoms with Gasteiger partial charge in [-0.1, -0.05) is 24.3 Å². The molecule has 2 amide bonds. The molecule has 0 N–H and O–H groups in total. The Balaban J connectivity index is 1.50. The van der Waals surface area contributed by atoms with E-state index >= 15 is 0 Å². The second kappa shape index (κ2) is 9.54. The van der Waals surface area contributed by atoms with E-state index < -0.39 is 0 Å². The normalized spacial score (nSPS) is 14.4. The van der Waals surface area contributed by atoms with Gasteiger partial charge in [0.05, 0.1) is 6.42 Å². The van der Waals surface area contributed by atoms with Gasteiger partial charge in [-0.25, -0.2) is 4.39 Å². The van der Waals surface area contributed by atoms with Gasteiger partial charge in [0.2, 0.25) is 5.91 Å². The Morgan fingerprint density at radius 2 is 1.59 bits per heavy atom. The lowest BCUT2D eigenvalue weighted by Gasteiger charge is -2.22. The number of hydrogen-bond acceptors (Lipinski definition) is 3. The monoisotopic (exact) mass is 398 g/mol. The van der Waals surface area contributed by atoms with E-state index in [4.69, 9.17) is 4.74 Å². The molecule has 6 heteroatoms. The predicted molar refractivity (Wildman–Crippen MR) is 109 cm³/mol. The molecule has 1 saturated heterocycles. The molecule has 154 valence electrons. The minimum atomic E-state index is -0.312. The number of hydrogen-bond donors (Lipinski definition) is 0. The molecule has 0 saturated carbocycles. The van der Waals surface area contributed by atoms with Crippen LogP contribution in [0.4, 0.5) is 4.39 Å². The highest BCUT2D eigenvalue weighted by molar-refractivity contribution is 5.80. The first-order valence-corrected chi connectivity index (χ1v) is 9.93. The molecule has 0 radical (unpaired) electrons. The molecule has 2 aromatic rings. The van der Waals surface area contributed by atoms with Gasteiger partial charge in [0, 0.05) is 26.2 Å². The molecule has 2 aromatic carbocycles. The summed E-state index contributed by atoms with van der Waals surface area (Å²) in [4.78, 5) is 28.7. The van der Waals surface area contributed by atoms with E-state index in [1.165, 1.54) is 12.1 Å². The topological polar surface area (TPSA) is 49.9 Å². The van der Waals surface area contributed by atoms with Crippen LogP contribution in [-0.4, -0.2) is 54.4 Å². The Morgan fingerprint density at radius 1 is 0.931 bits per heavy atom. The molecule has 0 spiro atoms. The van der Waals surface area contributed by atoms with Crippen LogP contribution in [0.2, 0.25) is 0 Å². The van der Waals surface area contributed by atoms with Crippen molar-refractivity contribution in [1.82, 2.24) is 9.80 Å². The number of aryl methyl sites for hydroxylation is 1. The summed E-state index contributed by atoms with van der Waals surface area (Å²) in [7, 11) is 0. The first-order chi connectivity index (χ1) is 13.9. The van der Waals surface area contributed by atoms with Gasteiger partial charge < -0.3 is 14.5 Å². The molecule has 0 aromatic heterocycles. The summed E-state index contributed by atoms with van der Waals surface area (Å²) in [6.45, 7) is 6.19. The van der Waals surface area contributed by atoms with Gasteiger partial charge in [-0.05, 0) is 55.2 Å². The zero-order valence-electron chi connectivity index (χ0n) is 17.0. The Hall–Kier alpha value is -2.89. The molecule has 5 nitrogen and oxygen atoms in total. The maximum atomic E-state index is 13.0. The molecule has 1 heterocycles. The van der Waals surface area contributed by atoms with E-state index in [-0.39, 0.29) is 30.7 Å². The SMILES string of the molecule is Cc1cccc(OCC(=O)N2CCCN(C(=O)Cc3ccc(F)cc3)CC2)c1C. The quantitative estimate of drug-likeness (QED) is 0.778. The van der Waals surface area contributed by atoms with Crippen molar-refractivity contribution in [2.75, 3.05) is 32.8 Å². The van der Waals surface area contributed by atoms with Crippen molar-refractivity contribution >= 4 is 11.8 Å². The summed E-state index contributed by atoms with van der Waals surface area (Å²) in [5.74, 6) is 0.341. The van der Waals surface area contributed by atoms with Crippen molar-refractivity contribution in [3.05, 3.63) is 65.0 Å². The number of nitrogens with zero attached hydrogens (tertiary/aromatic N) is 2. The first kappa shape index (κ1) is 20.8. The van der Waals surface area contributed by atoms with Gasteiger partial charge in [0.15, 0.2) is 6.61 Å². The van der Waals surface area contributed by atoms with Crippen LogP contribution >= 0.6 is 0 Å². The summed E-state index contributed by atoms with van der Waals surface area (Å²) in [5, 5.41) is 0. The number of amides is 2. The van der Waals surface area contributed by atoms with Crippen molar-refractivity contribution in [2.45, 2.75) is 26.7 Å². The van der Waals surface area contributed by atoms with Gasteiger partial charge in [0.25, 0.3) is 5.91 Å². The zero-order chi connectivity index (χ0) is 20.8. The number of benzene rings is 2. The summed E-state index contributed by atoms with van der Waals surface area (Å²) in [6.07, 6.45) is 0.967. The third kappa shape index (κ3) is 5.56. The fourth-order valence-electron chi connectivity index (χ4n) is 3.42. The zero-order valence-corrected chi connectivity index (χ0v) is 17.0. The van der Waals surface area contributed by atoms with Gasteiger partial charge in [-0.3, -0.25) is 9.59 Å². The van der Waals surface area contributed by atoms with E-state index in [9.17, 15) is 14.0 Å². The third-order valence-electron chi connectivity index (χ3n) is 5.38. The minimum Gasteiger partial charge on any atom is -0.483 e. The highest BCUT2D eigenvalue weighted by atomic mass is 19.1. The van der Waals surface area contributed by atoms with Crippen LogP contribution in [0.3, 0.4) is 0 Å². The number of ether oxygens (including phenoxy) is 1. The molecular formula is C23H27FN2O3. The van der Waals surface area contributed by atoms with Crippen LogP contribution in [0.25, 0.3) is 0 Å². The van der Waals surface area contributed by atoms with Crippen LogP contribution in [0.1, 0.15) is 23.1 Å². The maximum absolute atomic E-state index is 13.0. The average Bonchev–Trinajstić information content (AvgIpc) is 2.97. The first-order valence-electron chi connectivity index (χ1n) is 9.93. The average molecular weight is 398 g/mol. The summed E-state index contributed by atoms with van der Waals surface area (Å²) in [6, 6.07) is 11.8. The van der Waals surface area contributed by atoms with Crippen LogP contribution in [0.5, 0.6) is 5.75 Å². The summed E-state index contributed by atoms with van der Waals surface area (Å²) < 4.78 is 18.8. The summed E-state index contributed by atoms with van der Waals surface area (Å²) >= 11 is 0. The lowest BCUT2D eigenvalue weighted by Crippen LogP contribution is -2.39. The van der Waals surface area contributed by atoms with Crippen molar-refractivity contribution in [3.8, 4) is 5.75 Å². The second-order valence-corrected chi connectivity index (χ2v) is 7.41. The molecule has 1 fully saturated rings. The lowest BCUT2D eigenvalue weighted by atomic mass is 10.1. The molecule has 3 rings (SSSR count). The molecule has 29 heavy (non-hydrogen) atoms. The van der Waals surface area contributed by atoms with Crippen LogP contribution in [0.15, 0.2) is 42.5 Å². The number of halogens is 1. The van der Waals surface area contributed by atoms with E-state index in [1.54, 1.807) is 21.9 Å². The van der Waals surface area contributed by atoms with Crippen LogP contribution < -0.4 is 4.74 Å². The Morgan fingerprint density at radius 3 is 2.28 bits per heavy atom. The van der Waals surface area contributed by atoms with Crippen LogP contribution in [0, 0.1) is 19.7 Å². The maximum Gasteiger partial charge on any atom is 0.260 e. The van der Waals surface area contributed by atoms with Gasteiger partial charge in [0.1, 0.15) is 11.6 Å². The van der Waals surface area contributed by atoms with Crippen LogP contribution in [-0.2, 0) is 16.0 Å². The van der Waals surface area contributed by atoms with Crippen molar-refractivity contribution in [1.29, 1.82) is 0 Å². The number of carbonyl (C=O) groups excluding carboxylic acids is 2. The number of carbonyl (C=O) groups is 2. The predicted octanol–water partition coefficient (Wildman–Crippen LogP) is 3.12. The summed E-state index contributed by atoms with van der Waals surface area (Å²) in [5.41, 5.74) is 2.95. The highest BCUT2D eigenvalue weighted by Crippen LogP contribution is 2.20. The molecular weight excluding hydrogens is 371 g/mol. The molecule has 1 aliphatic rings. The van der Waals surface area contributed by atoms with E-state index in [1.807, 2.05) is 32.0 Å². The van der Waals surface area contributed by atoms with Crippen molar-refractivity contribution in [3.63, 3.8) is 0 Å². The molecule has 0 aliphatic carbocycles. The Bertz CT molecular complexity index is 867. The molecule has 0 unspecified atom stereocenters. The van der Waals surface area contributed by atoms with E-state index in [2.05, 4.69) is 0 Å². The highest BCUT2D eigenvalue weighted by Gasteiger charge is 2.22. The Kier molecular flexibility index (Phi) is 6.86. The van der Waals surface area contributed by atoms with Gasteiger partial charge >= 0.3 is 0 Å². The minimum absolute atomic E-state index is 0.00228. The second-order valence-electron chi connectivity index (χ2n) is 7.41. The fraction of sp³-hybridized carbons (Fsp3) is 0.391. The smallest absolute Gasteiger partial charge is 0.260 e. The Labute approximate surface area is 171 Å².